The first-order valence-corrected chi connectivity index (χ1v) is 8.81. The van der Waals surface area contributed by atoms with Crippen molar-refractivity contribution >= 4 is 34.2 Å². The number of carbonyl (C=O) groups excluding carboxylic acids is 1. The summed E-state index contributed by atoms with van der Waals surface area (Å²) >= 11 is 0. The van der Waals surface area contributed by atoms with E-state index in [1.165, 1.54) is 13.4 Å². The quantitative estimate of drug-likeness (QED) is 0.406. The molecule has 2 aromatic heterocycles. The van der Waals surface area contributed by atoms with Gasteiger partial charge in [0, 0.05) is 16.4 Å². The minimum atomic E-state index is -0.414. The number of hydrogen-bond donors (Lipinski definition) is 4. The molecule has 8 heteroatoms. The maximum Gasteiger partial charge on any atom is 0.337 e. The van der Waals surface area contributed by atoms with E-state index in [0.29, 0.717) is 22.6 Å². The number of ether oxygens (including phenoxy) is 1. The van der Waals surface area contributed by atoms with Gasteiger partial charge in [0.15, 0.2) is 0 Å². The zero-order chi connectivity index (χ0) is 20.6. The number of nitrogens with one attached hydrogen (secondary N) is 3. The smallest absolute Gasteiger partial charge is 0.337 e. The molecular weight excluding hydrogens is 356 g/mol. The predicted molar refractivity (Wildman–Crippen MR) is 110 cm³/mol. The number of aryl methyl sites for hydroxylation is 1. The lowest BCUT2D eigenvalue weighted by atomic mass is 10.0. The summed E-state index contributed by atoms with van der Waals surface area (Å²) in [5.74, 6) is 0.307. The number of nitrogens with zero attached hydrogens (tertiary/aromatic N) is 2. The van der Waals surface area contributed by atoms with Crippen molar-refractivity contribution in [1.29, 1.82) is 5.41 Å². The molecule has 0 radical (unpaired) electrons. The highest BCUT2D eigenvalue weighted by Gasteiger charge is 2.23. The maximum absolute atomic E-state index is 11.8. The number of nitrogen functional groups attached to an aromatic ring is 1. The number of rotatable bonds is 4. The van der Waals surface area contributed by atoms with Crippen LogP contribution in [0.3, 0.4) is 0 Å². The molecule has 2 heterocycles. The molecular formula is C20H24N6O2. The van der Waals surface area contributed by atoms with Gasteiger partial charge < -0.3 is 20.8 Å². The third-order valence-corrected chi connectivity index (χ3v) is 4.35. The summed E-state index contributed by atoms with van der Waals surface area (Å²) in [5, 5.41) is 13.0. The minimum Gasteiger partial charge on any atom is -0.465 e. The molecule has 0 saturated carbocycles. The lowest BCUT2D eigenvalue weighted by Gasteiger charge is -2.23. The number of esters is 1. The van der Waals surface area contributed by atoms with E-state index in [-0.39, 0.29) is 17.1 Å². The van der Waals surface area contributed by atoms with Crippen LogP contribution in [0, 0.1) is 12.3 Å². The summed E-state index contributed by atoms with van der Waals surface area (Å²) in [5.41, 5.74) is 9.09. The molecule has 0 atom stereocenters. The Hall–Kier alpha value is -3.42. The topological polar surface area (TPSA) is 130 Å². The first kappa shape index (κ1) is 19.3. The van der Waals surface area contributed by atoms with Crippen molar-refractivity contribution in [2.45, 2.75) is 33.2 Å². The number of hydrogen-bond acceptors (Lipinski definition) is 7. The number of methoxy groups -OCH3 is 1. The molecule has 0 aliphatic rings. The lowest BCUT2D eigenvalue weighted by molar-refractivity contribution is 0.0601. The molecule has 8 nitrogen and oxygen atoms in total. The van der Waals surface area contributed by atoms with Crippen LogP contribution in [0.4, 0.5) is 11.6 Å². The number of aromatic amines is 1. The van der Waals surface area contributed by atoms with Crippen LogP contribution in [-0.2, 0) is 4.74 Å². The molecule has 28 heavy (non-hydrogen) atoms. The van der Waals surface area contributed by atoms with E-state index >= 15 is 0 Å². The standard InChI is InChI=1S/C20H24N6O2/c1-10-12-7-6-11(19(27)28-5)8-13(12)25-16(10)15(21)14-17(22)23-9-24-18(14)26-20(2,3)4/h6-9,21,25H,1-5H3,(H3,22,23,24,26). The Morgan fingerprint density at radius 3 is 2.64 bits per heavy atom. The van der Waals surface area contributed by atoms with E-state index in [1.807, 2.05) is 33.8 Å². The highest BCUT2D eigenvalue weighted by Crippen LogP contribution is 2.29. The van der Waals surface area contributed by atoms with Crippen molar-refractivity contribution in [2.75, 3.05) is 18.2 Å². The summed E-state index contributed by atoms with van der Waals surface area (Å²) in [4.78, 5) is 23.4. The van der Waals surface area contributed by atoms with E-state index in [2.05, 4.69) is 20.3 Å². The summed E-state index contributed by atoms with van der Waals surface area (Å²) in [6.07, 6.45) is 1.38. The normalized spacial score (nSPS) is 11.5. The van der Waals surface area contributed by atoms with Crippen LogP contribution in [0.1, 0.15) is 48.0 Å². The second-order valence-electron chi connectivity index (χ2n) is 7.61. The summed E-state index contributed by atoms with van der Waals surface area (Å²) in [6, 6.07) is 5.25. The fourth-order valence-electron chi connectivity index (χ4n) is 3.05. The zero-order valence-corrected chi connectivity index (χ0v) is 16.6. The predicted octanol–water partition coefficient (Wildman–Crippen LogP) is 3.26. The van der Waals surface area contributed by atoms with Gasteiger partial charge in [-0.15, -0.1) is 0 Å². The number of H-pyrrole nitrogens is 1. The second-order valence-corrected chi connectivity index (χ2v) is 7.61. The molecule has 3 aromatic rings. The Morgan fingerprint density at radius 2 is 2.00 bits per heavy atom. The summed E-state index contributed by atoms with van der Waals surface area (Å²) in [6.45, 7) is 7.92. The lowest BCUT2D eigenvalue weighted by Crippen LogP contribution is -2.28. The number of benzene rings is 1. The fourth-order valence-corrected chi connectivity index (χ4v) is 3.05. The Morgan fingerprint density at radius 1 is 1.29 bits per heavy atom. The van der Waals surface area contributed by atoms with Crippen molar-refractivity contribution in [3.05, 3.63) is 46.9 Å². The monoisotopic (exact) mass is 380 g/mol. The fraction of sp³-hybridized carbons (Fsp3) is 0.300. The Labute approximate surface area is 163 Å². The molecule has 0 aliphatic carbocycles. The molecule has 146 valence electrons. The van der Waals surface area contributed by atoms with Gasteiger partial charge >= 0.3 is 5.97 Å². The van der Waals surface area contributed by atoms with Gasteiger partial charge in [-0.1, -0.05) is 6.07 Å². The molecule has 5 N–H and O–H groups in total. The molecule has 0 bridgehead atoms. The molecule has 0 unspecified atom stereocenters. The van der Waals surface area contributed by atoms with Gasteiger partial charge in [-0.2, -0.15) is 0 Å². The van der Waals surface area contributed by atoms with Gasteiger partial charge in [0.1, 0.15) is 18.0 Å². The number of fused-ring (bicyclic) bond motifs is 1. The van der Waals surface area contributed by atoms with Gasteiger partial charge in [-0.3, -0.25) is 5.41 Å². The molecule has 1 aromatic carbocycles. The molecule has 0 spiro atoms. The summed E-state index contributed by atoms with van der Waals surface area (Å²) in [7, 11) is 1.34. The largest absolute Gasteiger partial charge is 0.465 e. The number of nitrogens with two attached hydrogens (primary N) is 1. The van der Waals surface area contributed by atoms with E-state index in [0.717, 1.165) is 16.5 Å². The third-order valence-electron chi connectivity index (χ3n) is 4.35. The van der Waals surface area contributed by atoms with E-state index in [4.69, 9.17) is 15.9 Å². The number of carbonyl (C=O) groups is 1. The highest BCUT2D eigenvalue weighted by molar-refractivity contribution is 6.18. The van der Waals surface area contributed by atoms with Gasteiger partial charge in [0.25, 0.3) is 0 Å². The van der Waals surface area contributed by atoms with Gasteiger partial charge in [-0.25, -0.2) is 14.8 Å². The first-order chi connectivity index (χ1) is 13.1. The number of aromatic nitrogens is 3. The van der Waals surface area contributed by atoms with E-state index < -0.39 is 5.97 Å². The molecule has 0 aliphatic heterocycles. The number of anilines is 2. The third kappa shape index (κ3) is 3.53. The maximum atomic E-state index is 11.8. The van der Waals surface area contributed by atoms with Crippen LogP contribution in [-0.4, -0.2) is 39.3 Å². The van der Waals surface area contributed by atoms with Crippen LogP contribution >= 0.6 is 0 Å². The van der Waals surface area contributed by atoms with E-state index in [1.54, 1.807) is 12.1 Å². The van der Waals surface area contributed by atoms with E-state index in [9.17, 15) is 4.79 Å². The first-order valence-electron chi connectivity index (χ1n) is 8.81. The molecule has 0 saturated heterocycles. The Kier molecular flexibility index (Phi) is 4.80. The van der Waals surface area contributed by atoms with Crippen LogP contribution in [0.15, 0.2) is 24.5 Å². The SMILES string of the molecule is COC(=O)c1ccc2c(C)c(C(=N)c3c(N)ncnc3NC(C)(C)C)[nH]c2c1. The highest BCUT2D eigenvalue weighted by atomic mass is 16.5. The van der Waals surface area contributed by atoms with Crippen molar-refractivity contribution < 1.29 is 9.53 Å². The van der Waals surface area contributed by atoms with Crippen LogP contribution in [0.5, 0.6) is 0 Å². The summed E-state index contributed by atoms with van der Waals surface area (Å²) < 4.78 is 4.78. The van der Waals surface area contributed by atoms with Gasteiger partial charge in [0.2, 0.25) is 0 Å². The van der Waals surface area contributed by atoms with Crippen molar-refractivity contribution in [3.8, 4) is 0 Å². The minimum absolute atomic E-state index is 0.179. The van der Waals surface area contributed by atoms with Crippen LogP contribution in [0.25, 0.3) is 10.9 Å². The molecule has 3 rings (SSSR count). The van der Waals surface area contributed by atoms with Crippen molar-refractivity contribution in [2.24, 2.45) is 0 Å². The van der Waals surface area contributed by atoms with Crippen molar-refractivity contribution in [1.82, 2.24) is 15.0 Å². The van der Waals surface area contributed by atoms with Crippen molar-refractivity contribution in [3.63, 3.8) is 0 Å². The Bertz CT molecular complexity index is 1080. The average Bonchev–Trinajstić information content (AvgIpc) is 2.95. The Balaban J connectivity index is 2.12. The average molecular weight is 380 g/mol. The van der Waals surface area contributed by atoms with Gasteiger partial charge in [0.05, 0.1) is 29.6 Å². The van der Waals surface area contributed by atoms with Gasteiger partial charge in [-0.05, 0) is 45.4 Å². The molecule has 0 amide bonds. The second kappa shape index (κ2) is 6.95. The molecule has 0 fully saturated rings. The van der Waals surface area contributed by atoms with Crippen LogP contribution < -0.4 is 11.1 Å². The van der Waals surface area contributed by atoms with Crippen LogP contribution in [0.2, 0.25) is 0 Å². The zero-order valence-electron chi connectivity index (χ0n) is 16.6.